The average molecular weight is 513 g/mol. The van der Waals surface area contributed by atoms with Crippen LogP contribution in [0.4, 0.5) is 18.9 Å². The highest BCUT2D eigenvalue weighted by atomic mass is 127. The minimum Gasteiger partial charge on any atom is -0.368 e. The fraction of sp³-hybridized carbons (Fsp3) is 0.556. The molecular weight excluding hydrogens is 486 g/mol. The first-order valence-electron chi connectivity index (χ1n) is 8.99. The van der Waals surface area contributed by atoms with Crippen LogP contribution in [-0.2, 0) is 11.0 Å². The Labute approximate surface area is 180 Å². The molecule has 1 aromatic carbocycles. The second kappa shape index (κ2) is 11.3. The number of guanidine groups is 1. The van der Waals surface area contributed by atoms with Gasteiger partial charge in [0.15, 0.2) is 5.96 Å². The normalized spacial score (nSPS) is 15.1. The highest BCUT2D eigenvalue weighted by molar-refractivity contribution is 14.0. The molecule has 1 aliphatic heterocycles. The number of alkyl halides is 3. The average Bonchev–Trinajstić information content (AvgIpc) is 2.66. The molecule has 0 saturated carbocycles. The van der Waals surface area contributed by atoms with Gasteiger partial charge in [-0.25, -0.2) is 0 Å². The van der Waals surface area contributed by atoms with E-state index < -0.39 is 11.7 Å². The van der Waals surface area contributed by atoms with Crippen LogP contribution in [0.2, 0.25) is 0 Å². The van der Waals surface area contributed by atoms with Crippen LogP contribution in [-0.4, -0.2) is 63.1 Å². The van der Waals surface area contributed by atoms with Gasteiger partial charge in [0.05, 0.1) is 12.1 Å². The van der Waals surface area contributed by atoms with Gasteiger partial charge in [-0.3, -0.25) is 9.79 Å². The van der Waals surface area contributed by atoms with Gasteiger partial charge in [-0.2, -0.15) is 13.2 Å². The molecule has 158 valence electrons. The first-order valence-corrected chi connectivity index (χ1v) is 8.99. The van der Waals surface area contributed by atoms with Gasteiger partial charge in [0.1, 0.15) is 0 Å². The minimum absolute atomic E-state index is 0. The summed E-state index contributed by atoms with van der Waals surface area (Å²) in [7, 11) is 1.64. The lowest BCUT2D eigenvalue weighted by Crippen LogP contribution is -2.53. The van der Waals surface area contributed by atoms with Gasteiger partial charge in [0.25, 0.3) is 0 Å². The predicted molar refractivity (Wildman–Crippen MR) is 115 cm³/mol. The number of piperazine rings is 1. The van der Waals surface area contributed by atoms with E-state index in [1.54, 1.807) is 13.1 Å². The maximum absolute atomic E-state index is 12.9. The highest BCUT2D eigenvalue weighted by Gasteiger charge is 2.31. The molecule has 28 heavy (non-hydrogen) atoms. The van der Waals surface area contributed by atoms with Crippen molar-refractivity contribution < 1.29 is 18.0 Å². The monoisotopic (exact) mass is 513 g/mol. The summed E-state index contributed by atoms with van der Waals surface area (Å²) in [5.41, 5.74) is -0.0793. The van der Waals surface area contributed by atoms with Crippen molar-refractivity contribution in [1.82, 2.24) is 15.5 Å². The maximum Gasteiger partial charge on any atom is 0.416 e. The third kappa shape index (κ3) is 7.02. The smallest absolute Gasteiger partial charge is 0.368 e. The van der Waals surface area contributed by atoms with Gasteiger partial charge in [-0.1, -0.05) is 13.0 Å². The van der Waals surface area contributed by atoms with Gasteiger partial charge in [-0.15, -0.1) is 24.0 Å². The third-order valence-corrected chi connectivity index (χ3v) is 4.31. The summed E-state index contributed by atoms with van der Waals surface area (Å²) in [6, 6.07) is 5.38. The number of carbonyl (C=O) groups excluding carboxylic acids is 1. The summed E-state index contributed by atoms with van der Waals surface area (Å²) in [5, 5.41) is 5.81. The second-order valence-electron chi connectivity index (χ2n) is 6.27. The molecule has 1 heterocycles. The molecule has 0 bridgehead atoms. The van der Waals surface area contributed by atoms with E-state index in [2.05, 4.69) is 15.6 Å². The molecule has 1 aromatic rings. The van der Waals surface area contributed by atoms with E-state index in [-0.39, 0.29) is 36.4 Å². The minimum atomic E-state index is -4.35. The van der Waals surface area contributed by atoms with Crippen molar-refractivity contribution in [2.75, 3.05) is 51.2 Å². The van der Waals surface area contributed by atoms with Crippen LogP contribution in [0.5, 0.6) is 0 Å². The van der Waals surface area contributed by atoms with Crippen molar-refractivity contribution in [2.24, 2.45) is 4.99 Å². The Bertz CT molecular complexity index is 661. The number of aliphatic imine (C=N–C) groups is 1. The van der Waals surface area contributed by atoms with Crippen LogP contribution in [0.3, 0.4) is 0 Å². The van der Waals surface area contributed by atoms with E-state index in [9.17, 15) is 18.0 Å². The number of hydrogen-bond acceptors (Lipinski definition) is 3. The van der Waals surface area contributed by atoms with Crippen molar-refractivity contribution in [2.45, 2.75) is 19.5 Å². The van der Waals surface area contributed by atoms with E-state index in [4.69, 9.17) is 0 Å². The number of amides is 1. The molecule has 1 saturated heterocycles. The lowest BCUT2D eigenvalue weighted by Gasteiger charge is -2.37. The number of benzene rings is 1. The number of halogens is 4. The number of nitrogens with one attached hydrogen (secondary N) is 2. The Balaban J connectivity index is 0.00000392. The van der Waals surface area contributed by atoms with Crippen molar-refractivity contribution in [3.63, 3.8) is 0 Å². The first-order chi connectivity index (χ1) is 12.8. The SMILES string of the molecule is CCCNC(=O)CNC(=NC)N1CCN(c2cccc(C(F)(F)F)c2)CC1.I. The molecule has 1 amide bonds. The molecule has 0 aliphatic carbocycles. The zero-order chi connectivity index (χ0) is 19.9. The Morgan fingerprint density at radius 2 is 1.86 bits per heavy atom. The van der Waals surface area contributed by atoms with E-state index in [1.165, 1.54) is 12.1 Å². The summed E-state index contributed by atoms with van der Waals surface area (Å²) in [4.78, 5) is 19.8. The number of anilines is 1. The van der Waals surface area contributed by atoms with Crippen LogP contribution in [0.25, 0.3) is 0 Å². The zero-order valence-corrected chi connectivity index (χ0v) is 18.4. The van der Waals surface area contributed by atoms with E-state index in [1.807, 2.05) is 16.7 Å². The molecular formula is C18H27F3IN5O. The highest BCUT2D eigenvalue weighted by Crippen LogP contribution is 2.31. The number of carbonyl (C=O) groups is 1. The van der Waals surface area contributed by atoms with Crippen LogP contribution in [0, 0.1) is 0 Å². The van der Waals surface area contributed by atoms with Gasteiger partial charge in [0.2, 0.25) is 5.91 Å². The molecule has 0 aromatic heterocycles. The van der Waals surface area contributed by atoms with Gasteiger partial charge < -0.3 is 20.4 Å². The molecule has 2 N–H and O–H groups in total. The molecule has 0 radical (unpaired) electrons. The molecule has 0 spiro atoms. The van der Waals surface area contributed by atoms with Crippen molar-refractivity contribution >= 4 is 41.5 Å². The summed E-state index contributed by atoms with van der Waals surface area (Å²) in [5.74, 6) is 0.519. The Hall–Kier alpha value is -1.72. The van der Waals surface area contributed by atoms with E-state index in [0.29, 0.717) is 44.4 Å². The second-order valence-corrected chi connectivity index (χ2v) is 6.27. The lowest BCUT2D eigenvalue weighted by molar-refractivity contribution is -0.137. The quantitative estimate of drug-likeness (QED) is 0.361. The lowest BCUT2D eigenvalue weighted by atomic mass is 10.1. The Morgan fingerprint density at radius 3 is 2.43 bits per heavy atom. The predicted octanol–water partition coefficient (Wildman–Crippen LogP) is 2.55. The van der Waals surface area contributed by atoms with Crippen LogP contribution in [0.15, 0.2) is 29.3 Å². The summed E-state index contributed by atoms with van der Waals surface area (Å²) in [6.45, 7) is 5.11. The topological polar surface area (TPSA) is 60.0 Å². The number of rotatable bonds is 5. The fourth-order valence-electron chi connectivity index (χ4n) is 2.87. The number of hydrogen-bond donors (Lipinski definition) is 2. The molecule has 0 atom stereocenters. The number of nitrogens with zero attached hydrogens (tertiary/aromatic N) is 3. The van der Waals surface area contributed by atoms with E-state index >= 15 is 0 Å². The molecule has 1 fully saturated rings. The van der Waals surface area contributed by atoms with Crippen molar-refractivity contribution in [3.05, 3.63) is 29.8 Å². The van der Waals surface area contributed by atoms with Crippen LogP contribution >= 0.6 is 24.0 Å². The van der Waals surface area contributed by atoms with Gasteiger partial charge in [-0.05, 0) is 24.6 Å². The summed E-state index contributed by atoms with van der Waals surface area (Å²) < 4.78 is 38.7. The Kier molecular flexibility index (Phi) is 9.83. The molecule has 6 nitrogen and oxygen atoms in total. The fourth-order valence-corrected chi connectivity index (χ4v) is 2.87. The molecule has 10 heteroatoms. The first kappa shape index (κ1) is 24.3. The zero-order valence-electron chi connectivity index (χ0n) is 16.1. The Morgan fingerprint density at radius 1 is 1.18 bits per heavy atom. The van der Waals surface area contributed by atoms with Crippen LogP contribution < -0.4 is 15.5 Å². The van der Waals surface area contributed by atoms with Crippen molar-refractivity contribution in [1.29, 1.82) is 0 Å². The standard InChI is InChI=1S/C18H26F3N5O.HI/c1-3-7-23-16(27)13-24-17(22-2)26-10-8-25(9-11-26)15-6-4-5-14(12-15)18(19,20)21;/h4-6,12H,3,7-11,13H2,1-2H3,(H,22,24)(H,23,27);1H. The third-order valence-electron chi connectivity index (χ3n) is 4.31. The van der Waals surface area contributed by atoms with Crippen molar-refractivity contribution in [3.8, 4) is 0 Å². The molecule has 2 rings (SSSR count). The van der Waals surface area contributed by atoms with Crippen LogP contribution in [0.1, 0.15) is 18.9 Å². The summed E-state index contributed by atoms with van der Waals surface area (Å²) in [6.07, 6.45) is -3.47. The van der Waals surface area contributed by atoms with E-state index in [0.717, 1.165) is 12.5 Å². The summed E-state index contributed by atoms with van der Waals surface area (Å²) >= 11 is 0. The molecule has 1 aliphatic rings. The molecule has 0 unspecified atom stereocenters. The maximum atomic E-state index is 12.9. The van der Waals surface area contributed by atoms with Gasteiger partial charge >= 0.3 is 6.18 Å². The van der Waals surface area contributed by atoms with Gasteiger partial charge in [0, 0.05) is 45.5 Å². The largest absolute Gasteiger partial charge is 0.416 e.